The van der Waals surface area contributed by atoms with E-state index in [2.05, 4.69) is 9.46 Å². The van der Waals surface area contributed by atoms with Gasteiger partial charge in [0.2, 0.25) is 10.0 Å². The van der Waals surface area contributed by atoms with Gasteiger partial charge in [0.1, 0.15) is 5.75 Å². The number of esters is 1. The van der Waals surface area contributed by atoms with E-state index in [-0.39, 0.29) is 11.9 Å². The topological polar surface area (TPSA) is 81.7 Å². The van der Waals surface area contributed by atoms with Crippen molar-refractivity contribution in [2.24, 2.45) is 0 Å². The molecule has 2 aromatic carbocycles. The molecule has 0 amide bonds. The lowest BCUT2D eigenvalue weighted by atomic mass is 10.1. The predicted molar refractivity (Wildman–Crippen MR) is 96.2 cm³/mol. The molecule has 0 spiro atoms. The van der Waals surface area contributed by atoms with Gasteiger partial charge in [0, 0.05) is 6.07 Å². The molecule has 0 saturated heterocycles. The number of sulfonamides is 1. The van der Waals surface area contributed by atoms with Crippen LogP contribution in [-0.4, -0.2) is 27.6 Å². The number of rotatable bonds is 7. The number of nitrogens with one attached hydrogen (secondary N) is 1. The Morgan fingerprint density at radius 2 is 1.80 bits per heavy atom. The van der Waals surface area contributed by atoms with Gasteiger partial charge in [-0.15, -0.1) is 0 Å². The van der Waals surface area contributed by atoms with E-state index in [1.54, 1.807) is 36.4 Å². The zero-order valence-electron chi connectivity index (χ0n) is 14.4. The van der Waals surface area contributed by atoms with Crippen molar-refractivity contribution in [3.8, 4) is 5.75 Å². The summed E-state index contributed by atoms with van der Waals surface area (Å²) in [5.74, 6) is -0.0730. The molecule has 0 saturated carbocycles. The molecule has 0 aromatic heterocycles. The Hall–Kier alpha value is -2.54. The first kappa shape index (κ1) is 18.8. The van der Waals surface area contributed by atoms with E-state index in [1.807, 2.05) is 13.8 Å². The number of methoxy groups -OCH3 is 1. The van der Waals surface area contributed by atoms with Crippen LogP contribution < -0.4 is 9.46 Å². The number of ether oxygens (including phenoxy) is 2. The summed E-state index contributed by atoms with van der Waals surface area (Å²) < 4.78 is 37.4. The van der Waals surface area contributed by atoms with Gasteiger partial charge in [-0.05, 0) is 43.7 Å². The summed E-state index contributed by atoms with van der Waals surface area (Å²) in [5, 5.41) is 0. The molecule has 0 aliphatic rings. The lowest BCUT2D eigenvalue weighted by Crippen LogP contribution is -2.15. The summed E-state index contributed by atoms with van der Waals surface area (Å²) in [6.45, 7) is 3.80. The Bertz CT molecular complexity index is 829. The molecule has 2 aromatic rings. The lowest BCUT2D eigenvalue weighted by Gasteiger charge is -2.12. The predicted octanol–water partition coefficient (Wildman–Crippen LogP) is 3.20. The second kappa shape index (κ2) is 8.02. The summed E-state index contributed by atoms with van der Waals surface area (Å²) in [7, 11) is -2.30. The van der Waals surface area contributed by atoms with Crippen LogP contribution in [0.2, 0.25) is 0 Å². The van der Waals surface area contributed by atoms with Crippen LogP contribution in [0.15, 0.2) is 48.5 Å². The molecule has 0 fully saturated rings. The van der Waals surface area contributed by atoms with Crippen molar-refractivity contribution in [2.75, 3.05) is 11.8 Å². The maximum Gasteiger partial charge on any atom is 0.337 e. The average Bonchev–Trinajstić information content (AvgIpc) is 2.53. The van der Waals surface area contributed by atoms with Crippen molar-refractivity contribution in [1.82, 2.24) is 0 Å². The van der Waals surface area contributed by atoms with Gasteiger partial charge in [-0.3, -0.25) is 4.72 Å². The summed E-state index contributed by atoms with van der Waals surface area (Å²) in [5.41, 5.74) is 1.37. The molecule has 6 nitrogen and oxygen atoms in total. The molecule has 7 heteroatoms. The quantitative estimate of drug-likeness (QED) is 0.764. The number of benzene rings is 2. The van der Waals surface area contributed by atoms with Crippen molar-refractivity contribution in [3.63, 3.8) is 0 Å². The molecule has 0 atom stereocenters. The van der Waals surface area contributed by atoms with E-state index in [0.717, 1.165) is 0 Å². The van der Waals surface area contributed by atoms with Crippen LogP contribution >= 0.6 is 0 Å². The third-order valence-electron chi connectivity index (χ3n) is 3.21. The molecule has 0 heterocycles. The second-order valence-electron chi connectivity index (χ2n) is 5.74. The lowest BCUT2D eigenvalue weighted by molar-refractivity contribution is 0.0600. The Morgan fingerprint density at radius 3 is 2.40 bits per heavy atom. The molecule has 2 rings (SSSR count). The van der Waals surface area contributed by atoms with Gasteiger partial charge >= 0.3 is 5.97 Å². The maximum absolute atomic E-state index is 12.3. The molecule has 0 unspecified atom stereocenters. The first-order valence-electron chi connectivity index (χ1n) is 7.73. The molecule has 0 bridgehead atoms. The minimum absolute atomic E-state index is 0.000169. The molecule has 0 aliphatic carbocycles. The zero-order valence-corrected chi connectivity index (χ0v) is 15.2. The summed E-state index contributed by atoms with van der Waals surface area (Å²) in [6, 6.07) is 13.0. The highest BCUT2D eigenvalue weighted by atomic mass is 32.2. The van der Waals surface area contributed by atoms with E-state index in [1.165, 1.54) is 19.2 Å². The minimum atomic E-state index is -3.59. The van der Waals surface area contributed by atoms with Gasteiger partial charge in [0.05, 0.1) is 30.2 Å². The van der Waals surface area contributed by atoms with E-state index >= 15 is 0 Å². The minimum Gasteiger partial charge on any atom is -0.491 e. The number of hydrogen-bond donors (Lipinski definition) is 1. The van der Waals surface area contributed by atoms with Gasteiger partial charge in [0.15, 0.2) is 0 Å². The Labute approximate surface area is 147 Å². The van der Waals surface area contributed by atoms with E-state index in [0.29, 0.717) is 22.6 Å². The smallest absolute Gasteiger partial charge is 0.337 e. The number of carbonyl (C=O) groups excluding carboxylic acids is 1. The molecule has 25 heavy (non-hydrogen) atoms. The maximum atomic E-state index is 12.3. The van der Waals surface area contributed by atoms with Crippen LogP contribution in [0.3, 0.4) is 0 Å². The van der Waals surface area contributed by atoms with Gasteiger partial charge in [-0.25, -0.2) is 13.2 Å². The Kier molecular flexibility index (Phi) is 6.03. The summed E-state index contributed by atoms with van der Waals surface area (Å²) in [6.07, 6.45) is 0.000169. The molecular weight excluding hydrogens is 342 g/mol. The summed E-state index contributed by atoms with van der Waals surface area (Å²) >= 11 is 0. The molecule has 134 valence electrons. The first-order valence-corrected chi connectivity index (χ1v) is 9.39. The number of carbonyl (C=O) groups is 1. The first-order chi connectivity index (χ1) is 11.8. The van der Waals surface area contributed by atoms with Gasteiger partial charge < -0.3 is 9.47 Å². The highest BCUT2D eigenvalue weighted by Crippen LogP contribution is 2.20. The highest BCUT2D eigenvalue weighted by molar-refractivity contribution is 7.91. The standard InChI is InChI=1S/C18H21NO5S/c1-13(2)24-17-6-4-5-16(11-17)19-25(21,22)12-14-7-9-15(10-8-14)18(20)23-3/h4-11,13,19H,12H2,1-3H3. The zero-order chi connectivity index (χ0) is 18.4. The molecule has 0 radical (unpaired) electrons. The second-order valence-corrected chi connectivity index (χ2v) is 7.47. The third-order valence-corrected chi connectivity index (χ3v) is 4.47. The molecular formula is C18H21NO5S. The number of hydrogen-bond acceptors (Lipinski definition) is 5. The normalized spacial score (nSPS) is 11.2. The van der Waals surface area contributed by atoms with Crippen LogP contribution in [0.5, 0.6) is 5.75 Å². The monoisotopic (exact) mass is 363 g/mol. The largest absolute Gasteiger partial charge is 0.491 e. The Balaban J connectivity index is 2.08. The van der Waals surface area contributed by atoms with Crippen LogP contribution in [-0.2, 0) is 20.5 Å². The van der Waals surface area contributed by atoms with Gasteiger partial charge in [-0.2, -0.15) is 0 Å². The van der Waals surface area contributed by atoms with E-state index in [9.17, 15) is 13.2 Å². The fourth-order valence-corrected chi connectivity index (χ4v) is 3.38. The fraction of sp³-hybridized carbons (Fsp3) is 0.278. The SMILES string of the molecule is COC(=O)c1ccc(CS(=O)(=O)Nc2cccc(OC(C)C)c2)cc1. The molecule has 1 N–H and O–H groups in total. The van der Waals surface area contributed by atoms with Gasteiger partial charge in [-0.1, -0.05) is 18.2 Å². The summed E-state index contributed by atoms with van der Waals surface area (Å²) in [4.78, 5) is 11.4. The van der Waals surface area contributed by atoms with Crippen molar-refractivity contribution in [1.29, 1.82) is 0 Å². The van der Waals surface area contributed by atoms with E-state index < -0.39 is 16.0 Å². The van der Waals surface area contributed by atoms with Gasteiger partial charge in [0.25, 0.3) is 0 Å². The van der Waals surface area contributed by atoms with Crippen LogP contribution in [0.1, 0.15) is 29.8 Å². The van der Waals surface area contributed by atoms with Crippen molar-refractivity contribution in [3.05, 3.63) is 59.7 Å². The van der Waals surface area contributed by atoms with Crippen LogP contribution in [0, 0.1) is 0 Å². The highest BCUT2D eigenvalue weighted by Gasteiger charge is 2.13. The van der Waals surface area contributed by atoms with Crippen molar-refractivity contribution >= 4 is 21.7 Å². The fourth-order valence-electron chi connectivity index (χ4n) is 2.20. The van der Waals surface area contributed by atoms with Crippen molar-refractivity contribution < 1.29 is 22.7 Å². The van der Waals surface area contributed by atoms with E-state index in [4.69, 9.17) is 4.74 Å². The van der Waals surface area contributed by atoms with Crippen LogP contribution in [0.25, 0.3) is 0 Å². The van der Waals surface area contributed by atoms with Crippen molar-refractivity contribution in [2.45, 2.75) is 25.7 Å². The number of anilines is 1. The third kappa shape index (κ3) is 5.79. The Morgan fingerprint density at radius 1 is 1.12 bits per heavy atom. The average molecular weight is 363 g/mol. The van der Waals surface area contributed by atoms with Crippen LogP contribution in [0.4, 0.5) is 5.69 Å². The molecule has 0 aliphatic heterocycles.